The quantitative estimate of drug-likeness (QED) is 0.758. The molecule has 3 heterocycles. The van der Waals surface area contributed by atoms with Crippen LogP contribution < -0.4 is 5.32 Å². The predicted octanol–water partition coefficient (Wildman–Crippen LogP) is 1.80. The zero-order valence-corrected chi connectivity index (χ0v) is 11.1. The number of rotatable bonds is 4. The van der Waals surface area contributed by atoms with Gasteiger partial charge < -0.3 is 9.72 Å². The van der Waals surface area contributed by atoms with Crippen molar-refractivity contribution in [1.29, 1.82) is 0 Å². The van der Waals surface area contributed by atoms with E-state index in [1.165, 1.54) is 0 Å². The molecule has 102 valence electrons. The van der Waals surface area contributed by atoms with Crippen LogP contribution in [0, 0.1) is 0 Å². The standard InChI is InChI=1S/C14H15N5O/c1-2-10-8-15-18-14(10)17-13(20)7-11-9-19-6-4-3-5-12(19)16-11/h3-6,8-9H,2,7H2,1H3,(H2,15,17,18,20). The fourth-order valence-corrected chi connectivity index (χ4v) is 2.11. The van der Waals surface area contributed by atoms with E-state index in [0.29, 0.717) is 5.82 Å². The average Bonchev–Trinajstić information content (AvgIpc) is 3.03. The largest absolute Gasteiger partial charge is 0.311 e. The van der Waals surface area contributed by atoms with Gasteiger partial charge in [-0.25, -0.2) is 4.98 Å². The van der Waals surface area contributed by atoms with E-state index >= 15 is 0 Å². The molecule has 0 bridgehead atoms. The second-order valence-corrected chi connectivity index (χ2v) is 4.55. The monoisotopic (exact) mass is 269 g/mol. The van der Waals surface area contributed by atoms with E-state index in [4.69, 9.17) is 0 Å². The molecule has 0 atom stereocenters. The summed E-state index contributed by atoms with van der Waals surface area (Å²) in [6.45, 7) is 2.02. The number of amides is 1. The van der Waals surface area contributed by atoms with Gasteiger partial charge in [-0.1, -0.05) is 13.0 Å². The molecular weight excluding hydrogens is 254 g/mol. The molecule has 0 fully saturated rings. The second-order valence-electron chi connectivity index (χ2n) is 4.55. The number of fused-ring (bicyclic) bond motifs is 1. The van der Waals surface area contributed by atoms with Crippen LogP contribution in [0.25, 0.3) is 5.65 Å². The Bertz CT molecular complexity index is 710. The molecule has 0 spiro atoms. The van der Waals surface area contributed by atoms with E-state index in [-0.39, 0.29) is 12.3 Å². The van der Waals surface area contributed by atoms with Crippen LogP contribution in [0.2, 0.25) is 0 Å². The number of anilines is 1. The highest BCUT2D eigenvalue weighted by atomic mass is 16.1. The number of aromatic nitrogens is 4. The van der Waals surface area contributed by atoms with Gasteiger partial charge in [0.15, 0.2) is 0 Å². The first-order valence-electron chi connectivity index (χ1n) is 6.51. The van der Waals surface area contributed by atoms with Crippen LogP contribution >= 0.6 is 0 Å². The van der Waals surface area contributed by atoms with Crippen LogP contribution in [0.1, 0.15) is 18.2 Å². The van der Waals surface area contributed by atoms with E-state index in [1.807, 2.05) is 41.9 Å². The van der Waals surface area contributed by atoms with Crippen molar-refractivity contribution >= 4 is 17.4 Å². The lowest BCUT2D eigenvalue weighted by molar-refractivity contribution is -0.115. The maximum absolute atomic E-state index is 12.0. The normalized spacial score (nSPS) is 10.8. The van der Waals surface area contributed by atoms with Gasteiger partial charge in [0, 0.05) is 18.0 Å². The van der Waals surface area contributed by atoms with Gasteiger partial charge in [0.1, 0.15) is 11.5 Å². The average molecular weight is 269 g/mol. The maximum Gasteiger partial charge on any atom is 0.231 e. The SMILES string of the molecule is CCc1cn[nH]c1NC(=O)Cc1cn2ccccc2n1. The number of aryl methyl sites for hydroxylation is 1. The molecule has 0 radical (unpaired) electrons. The summed E-state index contributed by atoms with van der Waals surface area (Å²) in [4.78, 5) is 16.4. The minimum atomic E-state index is -0.104. The smallest absolute Gasteiger partial charge is 0.231 e. The highest BCUT2D eigenvalue weighted by molar-refractivity contribution is 5.91. The Morgan fingerprint density at radius 2 is 2.35 bits per heavy atom. The molecule has 2 N–H and O–H groups in total. The summed E-state index contributed by atoms with van der Waals surface area (Å²) in [7, 11) is 0. The van der Waals surface area contributed by atoms with Gasteiger partial charge in [-0.05, 0) is 18.6 Å². The molecule has 20 heavy (non-hydrogen) atoms. The molecule has 3 aromatic heterocycles. The van der Waals surface area contributed by atoms with E-state index in [9.17, 15) is 4.79 Å². The second kappa shape index (κ2) is 5.16. The third-order valence-electron chi connectivity index (χ3n) is 3.12. The number of carbonyl (C=O) groups excluding carboxylic acids is 1. The minimum Gasteiger partial charge on any atom is -0.311 e. The van der Waals surface area contributed by atoms with Crippen molar-refractivity contribution < 1.29 is 4.79 Å². The summed E-state index contributed by atoms with van der Waals surface area (Å²) in [5.41, 5.74) is 2.57. The van der Waals surface area contributed by atoms with Crippen molar-refractivity contribution in [2.75, 3.05) is 5.32 Å². The van der Waals surface area contributed by atoms with Gasteiger partial charge in [0.2, 0.25) is 5.91 Å². The first-order valence-corrected chi connectivity index (χ1v) is 6.51. The van der Waals surface area contributed by atoms with Crippen LogP contribution in [0.5, 0.6) is 0 Å². The van der Waals surface area contributed by atoms with E-state index in [1.54, 1.807) is 6.20 Å². The summed E-state index contributed by atoms with van der Waals surface area (Å²) in [5, 5.41) is 9.55. The van der Waals surface area contributed by atoms with Crippen LogP contribution in [0.15, 0.2) is 36.8 Å². The van der Waals surface area contributed by atoms with Gasteiger partial charge in [0.05, 0.1) is 18.3 Å². The summed E-state index contributed by atoms with van der Waals surface area (Å²) in [6.07, 6.45) is 6.56. The topological polar surface area (TPSA) is 75.1 Å². The zero-order valence-electron chi connectivity index (χ0n) is 11.1. The number of carbonyl (C=O) groups is 1. The number of imidazole rings is 1. The molecular formula is C14H15N5O. The van der Waals surface area contributed by atoms with E-state index < -0.39 is 0 Å². The predicted molar refractivity (Wildman–Crippen MR) is 75.5 cm³/mol. The number of hydrogen-bond donors (Lipinski definition) is 2. The summed E-state index contributed by atoms with van der Waals surface area (Å²) >= 11 is 0. The zero-order chi connectivity index (χ0) is 13.9. The molecule has 0 aliphatic rings. The summed E-state index contributed by atoms with van der Waals surface area (Å²) < 4.78 is 1.90. The first kappa shape index (κ1) is 12.4. The van der Waals surface area contributed by atoms with Crippen molar-refractivity contribution in [3.05, 3.63) is 48.0 Å². The Morgan fingerprint density at radius 1 is 1.45 bits per heavy atom. The van der Waals surface area contributed by atoms with Crippen molar-refractivity contribution in [1.82, 2.24) is 19.6 Å². The minimum absolute atomic E-state index is 0.104. The van der Waals surface area contributed by atoms with Gasteiger partial charge in [-0.2, -0.15) is 5.10 Å². The molecule has 0 saturated carbocycles. The summed E-state index contributed by atoms with van der Waals surface area (Å²) in [5.74, 6) is 0.564. The number of aromatic amines is 1. The molecule has 6 heteroatoms. The molecule has 1 amide bonds. The Labute approximate surface area is 115 Å². The molecule has 0 aromatic carbocycles. The van der Waals surface area contributed by atoms with Gasteiger partial charge in [-0.15, -0.1) is 0 Å². The Morgan fingerprint density at radius 3 is 3.15 bits per heavy atom. The lowest BCUT2D eigenvalue weighted by atomic mass is 10.2. The van der Waals surface area contributed by atoms with Crippen LogP contribution in [0.4, 0.5) is 5.82 Å². The first-order chi connectivity index (χ1) is 9.76. The third kappa shape index (κ3) is 2.40. The van der Waals surface area contributed by atoms with Crippen LogP contribution in [-0.4, -0.2) is 25.5 Å². The van der Waals surface area contributed by atoms with Crippen molar-refractivity contribution in [2.45, 2.75) is 19.8 Å². The highest BCUT2D eigenvalue weighted by Crippen LogP contribution is 2.12. The molecule has 3 rings (SSSR count). The molecule has 3 aromatic rings. The Balaban J connectivity index is 1.72. The van der Waals surface area contributed by atoms with Crippen molar-refractivity contribution in [2.24, 2.45) is 0 Å². The fourth-order valence-electron chi connectivity index (χ4n) is 2.11. The number of nitrogens with one attached hydrogen (secondary N) is 2. The molecule has 0 aliphatic carbocycles. The van der Waals surface area contributed by atoms with Gasteiger partial charge >= 0.3 is 0 Å². The third-order valence-corrected chi connectivity index (χ3v) is 3.12. The number of pyridine rings is 1. The van der Waals surface area contributed by atoms with Crippen LogP contribution in [0.3, 0.4) is 0 Å². The number of H-pyrrole nitrogens is 1. The number of nitrogens with zero attached hydrogens (tertiary/aromatic N) is 3. The van der Waals surface area contributed by atoms with Gasteiger partial charge in [-0.3, -0.25) is 9.89 Å². The molecule has 0 unspecified atom stereocenters. The van der Waals surface area contributed by atoms with E-state index in [2.05, 4.69) is 20.5 Å². The maximum atomic E-state index is 12.0. The summed E-state index contributed by atoms with van der Waals surface area (Å²) in [6, 6.07) is 5.76. The lowest BCUT2D eigenvalue weighted by Gasteiger charge is -2.02. The van der Waals surface area contributed by atoms with E-state index in [0.717, 1.165) is 23.3 Å². The Kier molecular flexibility index (Phi) is 3.20. The van der Waals surface area contributed by atoms with Crippen LogP contribution in [-0.2, 0) is 17.6 Å². The van der Waals surface area contributed by atoms with Gasteiger partial charge in [0.25, 0.3) is 0 Å². The number of hydrogen-bond acceptors (Lipinski definition) is 3. The van der Waals surface area contributed by atoms with Crippen molar-refractivity contribution in [3.63, 3.8) is 0 Å². The van der Waals surface area contributed by atoms with Crippen molar-refractivity contribution in [3.8, 4) is 0 Å². The molecule has 6 nitrogen and oxygen atoms in total. The Hall–Kier alpha value is -2.63. The highest BCUT2D eigenvalue weighted by Gasteiger charge is 2.10. The lowest BCUT2D eigenvalue weighted by Crippen LogP contribution is -2.15. The fraction of sp³-hybridized carbons (Fsp3) is 0.214. The molecule has 0 aliphatic heterocycles. The molecule has 0 saturated heterocycles.